The quantitative estimate of drug-likeness (QED) is 0.274. The van der Waals surface area contributed by atoms with Crippen molar-refractivity contribution in [2.75, 3.05) is 13.6 Å². The molecule has 0 atom stereocenters. The van der Waals surface area contributed by atoms with Gasteiger partial charge in [-0.2, -0.15) is 0 Å². The van der Waals surface area contributed by atoms with Crippen molar-refractivity contribution < 1.29 is 4.58 Å². The van der Waals surface area contributed by atoms with Gasteiger partial charge < -0.3 is 0 Å². The minimum absolute atomic E-state index is 0.941. The summed E-state index contributed by atoms with van der Waals surface area (Å²) in [6.07, 6.45) is 4.08. The third-order valence-electron chi connectivity index (χ3n) is 0.653. The third-order valence-corrected chi connectivity index (χ3v) is 0.653. The molecule has 0 bridgehead atoms. The highest BCUT2D eigenvalue weighted by Crippen LogP contribution is 1.68. The second kappa shape index (κ2) is 3.59. The fraction of sp³-hybridized carbons (Fsp3) is 0.500. The molecule has 1 nitrogen and oxygen atoms in total. The Labute approximate surface area is 45.0 Å². The van der Waals surface area contributed by atoms with Gasteiger partial charge in [0, 0.05) is 0 Å². The zero-order valence-corrected chi connectivity index (χ0v) is 5.02. The standard InChI is InChI=1S/C6H12N/c1-4-5-6-7(2)3/h4-5H,2,6H2,1,3H3/q+1/b5-4+. The summed E-state index contributed by atoms with van der Waals surface area (Å²) in [6, 6.07) is 0. The topological polar surface area (TPSA) is 3.01 Å². The van der Waals surface area contributed by atoms with Gasteiger partial charge in [-0.05, 0) is 13.0 Å². The van der Waals surface area contributed by atoms with E-state index in [1.165, 1.54) is 0 Å². The third kappa shape index (κ3) is 5.41. The average molecular weight is 98.2 g/mol. The molecule has 7 heavy (non-hydrogen) atoms. The first-order chi connectivity index (χ1) is 3.27. The van der Waals surface area contributed by atoms with Gasteiger partial charge in [0.25, 0.3) is 0 Å². The molecule has 0 aliphatic heterocycles. The predicted octanol–water partition coefficient (Wildman–Crippen LogP) is 0.905. The van der Waals surface area contributed by atoms with Crippen molar-refractivity contribution in [2.45, 2.75) is 6.92 Å². The Morgan fingerprint density at radius 2 is 2.29 bits per heavy atom. The lowest BCUT2D eigenvalue weighted by Crippen LogP contribution is -1.99. The fourth-order valence-electron chi connectivity index (χ4n) is 0.285. The van der Waals surface area contributed by atoms with Crippen molar-refractivity contribution in [1.29, 1.82) is 0 Å². The molecule has 0 aliphatic rings. The second-order valence-corrected chi connectivity index (χ2v) is 1.61. The number of hydrogen-bond donors (Lipinski definition) is 0. The van der Waals surface area contributed by atoms with Crippen LogP contribution in [0.3, 0.4) is 0 Å². The maximum absolute atomic E-state index is 3.66. The Balaban J connectivity index is 3.14. The molecule has 0 radical (unpaired) electrons. The fourth-order valence-corrected chi connectivity index (χ4v) is 0.285. The van der Waals surface area contributed by atoms with Crippen LogP contribution in [0, 0.1) is 0 Å². The van der Waals surface area contributed by atoms with Gasteiger partial charge in [-0.15, -0.1) is 0 Å². The predicted molar refractivity (Wildman–Crippen MR) is 33.0 cm³/mol. The molecule has 0 unspecified atom stereocenters. The van der Waals surface area contributed by atoms with Gasteiger partial charge in [0.15, 0.2) is 6.54 Å². The van der Waals surface area contributed by atoms with Crippen LogP contribution in [0.25, 0.3) is 0 Å². The van der Waals surface area contributed by atoms with Gasteiger partial charge in [0.1, 0.15) is 13.8 Å². The SMILES string of the molecule is C=[N+](C)C/C=C/C. The molecule has 0 aromatic carbocycles. The minimum atomic E-state index is 0.941. The van der Waals surface area contributed by atoms with E-state index in [1.54, 1.807) is 0 Å². The van der Waals surface area contributed by atoms with E-state index in [-0.39, 0.29) is 0 Å². The van der Waals surface area contributed by atoms with Crippen LogP contribution in [0.1, 0.15) is 6.92 Å². The maximum Gasteiger partial charge on any atom is 0.160 e. The van der Waals surface area contributed by atoms with Crippen molar-refractivity contribution in [2.24, 2.45) is 0 Å². The molecule has 0 aromatic heterocycles. The summed E-state index contributed by atoms with van der Waals surface area (Å²) in [4.78, 5) is 0. The van der Waals surface area contributed by atoms with E-state index in [9.17, 15) is 0 Å². The van der Waals surface area contributed by atoms with Crippen LogP contribution in [0.15, 0.2) is 12.2 Å². The molecule has 0 amide bonds. The highest BCUT2D eigenvalue weighted by Gasteiger charge is 1.78. The number of allylic oxidation sites excluding steroid dienone is 1. The van der Waals surface area contributed by atoms with Crippen LogP contribution in [-0.2, 0) is 0 Å². The summed E-state index contributed by atoms with van der Waals surface area (Å²) in [5.41, 5.74) is 0. The van der Waals surface area contributed by atoms with Crippen LogP contribution in [-0.4, -0.2) is 24.9 Å². The number of rotatable bonds is 2. The first-order valence-electron chi connectivity index (χ1n) is 2.40. The highest BCUT2D eigenvalue weighted by molar-refractivity contribution is 5.14. The monoisotopic (exact) mass is 98.1 g/mol. The number of nitrogens with zero attached hydrogens (tertiary/aromatic N) is 1. The summed E-state index contributed by atoms with van der Waals surface area (Å²) < 4.78 is 1.88. The Hall–Kier alpha value is -0.590. The van der Waals surface area contributed by atoms with Crippen molar-refractivity contribution in [3.8, 4) is 0 Å². The van der Waals surface area contributed by atoms with E-state index in [1.807, 2.05) is 24.6 Å². The average Bonchev–Trinajstić information content (AvgIpc) is 1.61. The molecule has 0 saturated carbocycles. The van der Waals surface area contributed by atoms with Crippen molar-refractivity contribution >= 4 is 6.72 Å². The largest absolute Gasteiger partial charge is 0.241 e. The first kappa shape index (κ1) is 6.41. The van der Waals surface area contributed by atoms with Gasteiger partial charge >= 0.3 is 0 Å². The molecule has 0 saturated heterocycles. The summed E-state index contributed by atoms with van der Waals surface area (Å²) in [5.74, 6) is 0. The Morgan fingerprint density at radius 3 is 2.43 bits per heavy atom. The van der Waals surface area contributed by atoms with Crippen molar-refractivity contribution in [1.82, 2.24) is 0 Å². The molecule has 0 aliphatic carbocycles. The summed E-state index contributed by atoms with van der Waals surface area (Å²) in [7, 11) is 1.94. The molecule has 0 spiro atoms. The van der Waals surface area contributed by atoms with E-state index in [0.29, 0.717) is 0 Å². The lowest BCUT2D eigenvalue weighted by molar-refractivity contribution is -0.477. The van der Waals surface area contributed by atoms with Crippen LogP contribution < -0.4 is 0 Å². The molecule has 0 aromatic rings. The van der Waals surface area contributed by atoms with Crippen molar-refractivity contribution in [3.05, 3.63) is 12.2 Å². The molecule has 0 rings (SSSR count). The van der Waals surface area contributed by atoms with Crippen LogP contribution >= 0.6 is 0 Å². The smallest absolute Gasteiger partial charge is 0.160 e. The van der Waals surface area contributed by atoms with Gasteiger partial charge in [-0.1, -0.05) is 6.08 Å². The molecule has 0 N–H and O–H groups in total. The van der Waals surface area contributed by atoms with Crippen LogP contribution in [0.2, 0.25) is 0 Å². The van der Waals surface area contributed by atoms with Gasteiger partial charge in [-0.3, -0.25) is 0 Å². The van der Waals surface area contributed by atoms with Crippen LogP contribution in [0.5, 0.6) is 0 Å². The zero-order chi connectivity index (χ0) is 5.70. The molecule has 1 heteroatoms. The number of hydrogen-bond acceptors (Lipinski definition) is 0. The van der Waals surface area contributed by atoms with E-state index in [0.717, 1.165) is 6.54 Å². The lowest BCUT2D eigenvalue weighted by Gasteiger charge is -1.82. The van der Waals surface area contributed by atoms with Crippen LogP contribution in [0.4, 0.5) is 0 Å². The van der Waals surface area contributed by atoms with Gasteiger partial charge in [0.2, 0.25) is 0 Å². The summed E-state index contributed by atoms with van der Waals surface area (Å²) in [5, 5.41) is 0. The zero-order valence-electron chi connectivity index (χ0n) is 5.02. The Kier molecular flexibility index (Phi) is 3.29. The van der Waals surface area contributed by atoms with Gasteiger partial charge in [-0.25, -0.2) is 4.58 Å². The highest BCUT2D eigenvalue weighted by atomic mass is 14.9. The second-order valence-electron chi connectivity index (χ2n) is 1.61. The van der Waals surface area contributed by atoms with E-state index in [4.69, 9.17) is 0 Å². The Morgan fingerprint density at radius 1 is 1.71 bits per heavy atom. The van der Waals surface area contributed by atoms with E-state index >= 15 is 0 Å². The lowest BCUT2D eigenvalue weighted by atomic mass is 10.5. The van der Waals surface area contributed by atoms with Gasteiger partial charge in [0.05, 0.1) is 0 Å². The molecular formula is C6H12N+. The minimum Gasteiger partial charge on any atom is -0.241 e. The Bertz CT molecular complexity index is 82.2. The van der Waals surface area contributed by atoms with E-state index in [2.05, 4.69) is 12.8 Å². The molecule has 0 fully saturated rings. The first-order valence-corrected chi connectivity index (χ1v) is 2.40. The van der Waals surface area contributed by atoms with Crippen molar-refractivity contribution in [3.63, 3.8) is 0 Å². The maximum atomic E-state index is 3.66. The molecule has 40 valence electrons. The number of likely N-dealkylation sites (N-methyl/N-ethyl adjacent to an activating group) is 1. The van der Waals surface area contributed by atoms with E-state index < -0.39 is 0 Å². The molecular weight excluding hydrogens is 86.1 g/mol. The molecule has 0 heterocycles. The summed E-state index contributed by atoms with van der Waals surface area (Å²) >= 11 is 0. The summed E-state index contributed by atoms with van der Waals surface area (Å²) in [6.45, 7) is 6.60. The normalized spacial score (nSPS) is 10.0.